The maximum Gasteiger partial charge on any atom is 0.264 e. The number of ether oxygens (including phenoxy) is 2. The van der Waals surface area contributed by atoms with Gasteiger partial charge < -0.3 is 24.5 Å². The van der Waals surface area contributed by atoms with E-state index < -0.39 is 34.2 Å². The van der Waals surface area contributed by atoms with Crippen molar-refractivity contribution in [3.63, 3.8) is 0 Å². The van der Waals surface area contributed by atoms with Gasteiger partial charge in [-0.15, -0.1) is 0 Å². The summed E-state index contributed by atoms with van der Waals surface area (Å²) in [5.74, 6) is -1.06. The Kier molecular flexibility index (Phi) is 9.15. The smallest absolute Gasteiger partial charge is 0.264 e. The number of sulfonamides is 1. The Labute approximate surface area is 240 Å². The molecule has 1 heterocycles. The van der Waals surface area contributed by atoms with Crippen molar-refractivity contribution in [2.45, 2.75) is 11.4 Å². The molecule has 0 aliphatic rings. The lowest BCUT2D eigenvalue weighted by Gasteiger charge is -2.25. The van der Waals surface area contributed by atoms with Crippen molar-refractivity contribution in [3.05, 3.63) is 101 Å². The van der Waals surface area contributed by atoms with Crippen LogP contribution in [0.25, 0.3) is 0 Å². The molecule has 41 heavy (non-hydrogen) atoms. The fourth-order valence-corrected chi connectivity index (χ4v) is 5.45. The number of anilines is 2. The number of furan rings is 1. The first kappa shape index (κ1) is 29.4. The number of hydrogen-bond acceptors (Lipinski definition) is 7. The Bertz CT molecular complexity index is 1660. The molecule has 0 saturated heterocycles. The zero-order chi connectivity index (χ0) is 29.6. The van der Waals surface area contributed by atoms with Crippen molar-refractivity contribution in [2.75, 3.05) is 30.4 Å². The highest BCUT2D eigenvalue weighted by atomic mass is 35.5. The first-order chi connectivity index (χ1) is 19.6. The number of benzene rings is 3. The van der Waals surface area contributed by atoms with Gasteiger partial charge in [0.25, 0.3) is 15.9 Å². The maximum atomic E-state index is 13.9. The second-order valence-corrected chi connectivity index (χ2v) is 10.8. The van der Waals surface area contributed by atoms with Crippen LogP contribution in [0.3, 0.4) is 0 Å². The predicted octanol–water partition coefficient (Wildman–Crippen LogP) is 4.85. The van der Waals surface area contributed by atoms with Crippen LogP contribution in [0, 0.1) is 5.82 Å². The number of carbonyl (C=O) groups excluding carboxylic acids is 2. The Morgan fingerprint density at radius 2 is 1.73 bits per heavy atom. The van der Waals surface area contributed by atoms with Gasteiger partial charge in [-0.2, -0.15) is 0 Å². The molecule has 1 aromatic heterocycles. The molecule has 0 bridgehead atoms. The minimum atomic E-state index is -4.42. The molecular formula is C28H25ClFN3O7S. The molecule has 0 aliphatic heterocycles. The van der Waals surface area contributed by atoms with Crippen molar-refractivity contribution in [2.24, 2.45) is 0 Å². The van der Waals surface area contributed by atoms with E-state index in [4.69, 9.17) is 25.5 Å². The molecule has 0 spiro atoms. The van der Waals surface area contributed by atoms with Crippen molar-refractivity contribution in [3.8, 4) is 11.5 Å². The number of hydrogen-bond donors (Lipinski definition) is 2. The summed E-state index contributed by atoms with van der Waals surface area (Å²) >= 11 is 5.95. The maximum absolute atomic E-state index is 13.9. The topological polar surface area (TPSA) is 127 Å². The number of amides is 2. The van der Waals surface area contributed by atoms with Gasteiger partial charge in [-0.05, 0) is 54.6 Å². The molecule has 214 valence electrons. The van der Waals surface area contributed by atoms with Gasteiger partial charge in [0.05, 0.1) is 53.9 Å². The largest absolute Gasteiger partial charge is 0.493 e. The molecule has 0 aliphatic carbocycles. The van der Waals surface area contributed by atoms with Crippen LogP contribution in [0.15, 0.2) is 88.4 Å². The normalized spacial score (nSPS) is 11.0. The number of nitrogens with zero attached hydrogens (tertiary/aromatic N) is 1. The molecule has 0 atom stereocenters. The third-order valence-electron chi connectivity index (χ3n) is 5.87. The number of para-hydroxylation sites is 1. The van der Waals surface area contributed by atoms with Gasteiger partial charge in [0, 0.05) is 6.07 Å². The second kappa shape index (κ2) is 12.7. The first-order valence-corrected chi connectivity index (χ1v) is 13.8. The van der Waals surface area contributed by atoms with Gasteiger partial charge >= 0.3 is 0 Å². The zero-order valence-corrected chi connectivity index (χ0v) is 23.5. The summed E-state index contributed by atoms with van der Waals surface area (Å²) in [5, 5.41) is 4.95. The molecule has 3 aromatic carbocycles. The van der Waals surface area contributed by atoms with E-state index in [9.17, 15) is 22.4 Å². The van der Waals surface area contributed by atoms with Crippen LogP contribution in [0.5, 0.6) is 11.5 Å². The second-order valence-electron chi connectivity index (χ2n) is 8.48. The van der Waals surface area contributed by atoms with Gasteiger partial charge in [-0.3, -0.25) is 13.9 Å². The van der Waals surface area contributed by atoms with Gasteiger partial charge in [-0.25, -0.2) is 12.8 Å². The van der Waals surface area contributed by atoms with Crippen LogP contribution < -0.4 is 24.4 Å². The van der Waals surface area contributed by atoms with E-state index >= 15 is 0 Å². The molecule has 0 fully saturated rings. The Morgan fingerprint density at radius 1 is 0.976 bits per heavy atom. The van der Waals surface area contributed by atoms with Crippen LogP contribution in [-0.4, -0.2) is 41.0 Å². The summed E-state index contributed by atoms with van der Waals surface area (Å²) in [7, 11) is -1.67. The van der Waals surface area contributed by atoms with E-state index in [1.165, 1.54) is 56.9 Å². The highest BCUT2D eigenvalue weighted by Crippen LogP contribution is 2.33. The number of nitrogens with one attached hydrogen (secondary N) is 2. The van der Waals surface area contributed by atoms with Crippen LogP contribution in [0.2, 0.25) is 5.02 Å². The van der Waals surface area contributed by atoms with Crippen LogP contribution >= 0.6 is 11.6 Å². The van der Waals surface area contributed by atoms with Gasteiger partial charge in [0.1, 0.15) is 18.1 Å². The van der Waals surface area contributed by atoms with Crippen LogP contribution in [0.4, 0.5) is 15.8 Å². The van der Waals surface area contributed by atoms with Crippen molar-refractivity contribution >= 4 is 44.8 Å². The molecule has 4 rings (SSSR count). The molecule has 13 heteroatoms. The van der Waals surface area contributed by atoms with E-state index in [1.807, 2.05) is 0 Å². The fourth-order valence-electron chi connectivity index (χ4n) is 3.85. The van der Waals surface area contributed by atoms with Crippen LogP contribution in [-0.2, 0) is 21.4 Å². The quantitative estimate of drug-likeness (QED) is 0.251. The summed E-state index contributed by atoms with van der Waals surface area (Å²) in [6.45, 7) is -0.613. The Balaban J connectivity index is 1.63. The van der Waals surface area contributed by atoms with Gasteiger partial charge in [0.15, 0.2) is 11.5 Å². The van der Waals surface area contributed by atoms with Gasteiger partial charge in [0.2, 0.25) is 5.91 Å². The lowest BCUT2D eigenvalue weighted by atomic mass is 10.1. The molecule has 4 aromatic rings. The summed E-state index contributed by atoms with van der Waals surface area (Å²) < 4.78 is 57.9. The molecule has 0 saturated carbocycles. The lowest BCUT2D eigenvalue weighted by molar-refractivity contribution is -0.114. The number of methoxy groups -OCH3 is 2. The van der Waals surface area contributed by atoms with Crippen LogP contribution in [0.1, 0.15) is 16.1 Å². The number of carbonyl (C=O) groups is 2. The molecule has 0 radical (unpaired) electrons. The third-order valence-corrected chi connectivity index (χ3v) is 7.93. The standard InChI is InChI=1S/C28H25ClFN3O7S/c1-38-25-12-10-20(15-26(25)39-2)41(36,37)33(18-9-11-23(30)22(29)14-18)17-27(34)32-24-8-4-3-7-21(24)28(35)31-16-19-6-5-13-40-19/h3-15H,16-17H2,1-2H3,(H,31,35)(H,32,34). The SMILES string of the molecule is COc1ccc(S(=O)(=O)N(CC(=O)Nc2ccccc2C(=O)NCc2ccco2)c2ccc(F)c(Cl)c2)cc1OC. The average Bonchev–Trinajstić information content (AvgIpc) is 3.50. The third kappa shape index (κ3) is 6.79. The summed E-state index contributed by atoms with van der Waals surface area (Å²) in [4.78, 5) is 25.9. The van der Waals surface area contributed by atoms with Crippen molar-refractivity contribution < 1.29 is 36.3 Å². The fraction of sp³-hybridized carbons (Fsp3) is 0.143. The summed E-state index contributed by atoms with van der Waals surface area (Å²) in [5.41, 5.74) is 0.229. The van der Waals surface area contributed by atoms with E-state index in [0.29, 0.717) is 11.5 Å². The van der Waals surface area contributed by atoms with E-state index in [0.717, 1.165) is 16.4 Å². The predicted molar refractivity (Wildman–Crippen MR) is 150 cm³/mol. The van der Waals surface area contributed by atoms with E-state index in [2.05, 4.69) is 10.6 Å². The number of rotatable bonds is 11. The monoisotopic (exact) mass is 601 g/mol. The van der Waals surface area contributed by atoms with Gasteiger partial charge in [-0.1, -0.05) is 23.7 Å². The Morgan fingerprint density at radius 3 is 2.41 bits per heavy atom. The minimum absolute atomic E-state index is 0.0641. The summed E-state index contributed by atoms with van der Waals surface area (Å²) in [6, 6.07) is 16.8. The van der Waals surface area contributed by atoms with E-state index in [-0.39, 0.29) is 39.2 Å². The highest BCUT2D eigenvalue weighted by Gasteiger charge is 2.29. The molecule has 10 nitrogen and oxygen atoms in total. The number of halogens is 2. The Hall–Kier alpha value is -4.55. The summed E-state index contributed by atoms with van der Waals surface area (Å²) in [6.07, 6.45) is 1.48. The van der Waals surface area contributed by atoms with Crippen molar-refractivity contribution in [1.29, 1.82) is 0 Å². The van der Waals surface area contributed by atoms with Crippen molar-refractivity contribution in [1.82, 2.24) is 5.32 Å². The zero-order valence-electron chi connectivity index (χ0n) is 21.9. The highest BCUT2D eigenvalue weighted by molar-refractivity contribution is 7.92. The molecular weight excluding hydrogens is 577 g/mol. The molecule has 2 amide bonds. The molecule has 0 unspecified atom stereocenters. The lowest BCUT2D eigenvalue weighted by Crippen LogP contribution is -2.38. The first-order valence-electron chi connectivity index (χ1n) is 12.0. The van der Waals surface area contributed by atoms with E-state index in [1.54, 1.807) is 24.3 Å². The minimum Gasteiger partial charge on any atom is -0.493 e. The average molecular weight is 602 g/mol. The molecule has 2 N–H and O–H groups in total.